The second-order valence-electron chi connectivity index (χ2n) is 7.62. The maximum atomic E-state index is 13.0. The van der Waals surface area contributed by atoms with Gasteiger partial charge in [-0.15, -0.1) is 11.3 Å². The third-order valence-corrected chi connectivity index (χ3v) is 6.16. The van der Waals surface area contributed by atoms with Crippen molar-refractivity contribution in [2.24, 2.45) is 0 Å². The van der Waals surface area contributed by atoms with Crippen LogP contribution in [0.2, 0.25) is 0 Å². The highest BCUT2D eigenvalue weighted by atomic mass is 32.1. The van der Waals surface area contributed by atoms with Crippen LogP contribution < -0.4 is 10.1 Å². The quantitative estimate of drug-likeness (QED) is 0.609. The van der Waals surface area contributed by atoms with Gasteiger partial charge in [0, 0.05) is 11.9 Å². The van der Waals surface area contributed by atoms with Crippen molar-refractivity contribution in [2.45, 2.75) is 39.7 Å². The molecular formula is C23H26N4O2S. The number of nitrogens with zero attached hydrogens (tertiary/aromatic N) is 3. The molecule has 1 aliphatic rings. The number of anilines is 2. The zero-order valence-electron chi connectivity index (χ0n) is 17.5. The van der Waals surface area contributed by atoms with E-state index in [0.717, 1.165) is 58.6 Å². The predicted molar refractivity (Wildman–Crippen MR) is 119 cm³/mol. The zero-order valence-corrected chi connectivity index (χ0v) is 18.3. The van der Waals surface area contributed by atoms with Gasteiger partial charge in [0.25, 0.3) is 5.91 Å². The van der Waals surface area contributed by atoms with E-state index in [2.05, 4.69) is 10.3 Å². The minimum atomic E-state index is -0.0288. The number of para-hydroxylation sites is 1. The van der Waals surface area contributed by atoms with Crippen molar-refractivity contribution in [3.63, 3.8) is 0 Å². The van der Waals surface area contributed by atoms with Crippen molar-refractivity contribution in [1.29, 1.82) is 0 Å². The Morgan fingerprint density at radius 2 is 1.93 bits per heavy atom. The van der Waals surface area contributed by atoms with E-state index in [9.17, 15) is 4.79 Å². The third-order valence-electron chi connectivity index (χ3n) is 5.29. The lowest BCUT2D eigenvalue weighted by atomic mass is 10.1. The smallest absolute Gasteiger partial charge is 0.261 e. The first kappa shape index (κ1) is 20.3. The summed E-state index contributed by atoms with van der Waals surface area (Å²) < 4.78 is 5.90. The summed E-state index contributed by atoms with van der Waals surface area (Å²) in [5.41, 5.74) is 3.96. The molecule has 6 nitrogen and oxygen atoms in total. The van der Waals surface area contributed by atoms with Crippen molar-refractivity contribution in [3.05, 3.63) is 64.3 Å². The van der Waals surface area contributed by atoms with Crippen molar-refractivity contribution < 1.29 is 9.53 Å². The molecule has 1 amide bonds. The fourth-order valence-corrected chi connectivity index (χ4v) is 4.54. The highest BCUT2D eigenvalue weighted by Gasteiger charge is 2.31. The van der Waals surface area contributed by atoms with Gasteiger partial charge in [-0.3, -0.25) is 4.79 Å². The van der Waals surface area contributed by atoms with Gasteiger partial charge in [0.2, 0.25) is 0 Å². The van der Waals surface area contributed by atoms with Gasteiger partial charge in [-0.2, -0.15) is 0 Å². The molecule has 0 saturated carbocycles. The highest BCUT2D eigenvalue weighted by molar-refractivity contribution is 7.13. The lowest BCUT2D eigenvalue weighted by molar-refractivity contribution is -0.134. The van der Waals surface area contributed by atoms with E-state index in [1.54, 1.807) is 11.3 Å². The van der Waals surface area contributed by atoms with E-state index < -0.39 is 0 Å². The summed E-state index contributed by atoms with van der Waals surface area (Å²) in [7, 11) is 0. The summed E-state index contributed by atoms with van der Waals surface area (Å²) in [6.07, 6.45) is 1.87. The monoisotopic (exact) mass is 422 g/mol. The Labute approximate surface area is 180 Å². The van der Waals surface area contributed by atoms with Crippen LogP contribution in [-0.4, -0.2) is 33.9 Å². The van der Waals surface area contributed by atoms with Gasteiger partial charge in [0.1, 0.15) is 11.6 Å². The Bertz CT molecular complexity index is 1030. The molecule has 1 atom stereocenters. The third kappa shape index (κ3) is 4.46. The predicted octanol–water partition coefficient (Wildman–Crippen LogP) is 4.95. The van der Waals surface area contributed by atoms with Crippen molar-refractivity contribution in [1.82, 2.24) is 14.9 Å². The molecule has 0 radical (unpaired) electrons. The minimum absolute atomic E-state index is 0.00383. The number of likely N-dealkylation sites (tertiary alicyclic amines) is 1. The average molecular weight is 423 g/mol. The molecule has 1 aromatic carbocycles. The number of rotatable bonds is 6. The lowest BCUT2D eigenvalue weighted by Gasteiger charge is -2.25. The first-order valence-electron chi connectivity index (χ1n) is 10.2. The molecule has 0 unspecified atom stereocenters. The number of hydrogen-bond acceptors (Lipinski definition) is 6. The number of carbonyl (C=O) groups excluding carboxylic acids is 1. The van der Waals surface area contributed by atoms with Gasteiger partial charge < -0.3 is 15.0 Å². The fraction of sp³-hybridized carbons (Fsp3) is 0.348. The molecule has 1 fully saturated rings. The SMILES string of the molecule is Cc1csc(Nc2cccc([C@@H]3CCCN3C(=O)COc3c(C)cccc3C)n2)n1. The van der Waals surface area contributed by atoms with E-state index in [1.165, 1.54) is 0 Å². The van der Waals surface area contributed by atoms with E-state index in [0.29, 0.717) is 0 Å². The summed E-state index contributed by atoms with van der Waals surface area (Å²) in [6, 6.07) is 11.8. The number of aryl methyl sites for hydroxylation is 3. The van der Waals surface area contributed by atoms with Crippen molar-refractivity contribution in [2.75, 3.05) is 18.5 Å². The molecule has 7 heteroatoms. The Morgan fingerprint density at radius 3 is 2.67 bits per heavy atom. The number of pyridine rings is 1. The Kier molecular flexibility index (Phi) is 5.99. The van der Waals surface area contributed by atoms with E-state index in [-0.39, 0.29) is 18.6 Å². The molecule has 3 aromatic rings. The molecule has 1 saturated heterocycles. The van der Waals surface area contributed by atoms with Crippen molar-refractivity contribution in [3.8, 4) is 5.75 Å². The zero-order chi connectivity index (χ0) is 21.1. The first-order chi connectivity index (χ1) is 14.5. The molecule has 0 aliphatic carbocycles. The lowest BCUT2D eigenvalue weighted by Crippen LogP contribution is -2.35. The van der Waals surface area contributed by atoms with Gasteiger partial charge in [0.15, 0.2) is 11.7 Å². The Morgan fingerprint density at radius 1 is 1.17 bits per heavy atom. The summed E-state index contributed by atoms with van der Waals surface area (Å²) >= 11 is 1.55. The normalized spacial score (nSPS) is 16.0. The fourth-order valence-electron chi connectivity index (χ4n) is 3.84. The van der Waals surface area contributed by atoms with Gasteiger partial charge >= 0.3 is 0 Å². The number of thiazole rings is 1. The molecule has 156 valence electrons. The summed E-state index contributed by atoms with van der Waals surface area (Å²) in [6.45, 7) is 6.73. The number of amides is 1. The van der Waals surface area contributed by atoms with Gasteiger partial charge in [-0.1, -0.05) is 24.3 Å². The molecular weight excluding hydrogens is 396 g/mol. The number of nitrogens with one attached hydrogen (secondary N) is 1. The average Bonchev–Trinajstić information content (AvgIpc) is 3.37. The van der Waals surface area contributed by atoms with E-state index in [4.69, 9.17) is 9.72 Å². The summed E-state index contributed by atoms with van der Waals surface area (Å²) in [4.78, 5) is 24.0. The number of benzene rings is 1. The highest BCUT2D eigenvalue weighted by Crippen LogP contribution is 2.32. The molecule has 30 heavy (non-hydrogen) atoms. The van der Waals surface area contributed by atoms with Crippen LogP contribution in [-0.2, 0) is 4.79 Å². The van der Waals surface area contributed by atoms with Crippen LogP contribution in [0.4, 0.5) is 10.9 Å². The molecule has 4 rings (SSSR count). The number of ether oxygens (including phenoxy) is 1. The van der Waals surface area contributed by atoms with Crippen LogP contribution in [0.15, 0.2) is 41.8 Å². The van der Waals surface area contributed by atoms with Crippen LogP contribution in [0.5, 0.6) is 5.75 Å². The van der Waals surface area contributed by atoms with Gasteiger partial charge in [-0.05, 0) is 56.9 Å². The van der Waals surface area contributed by atoms with E-state index in [1.807, 2.05) is 67.4 Å². The summed E-state index contributed by atoms with van der Waals surface area (Å²) in [5, 5.41) is 6.08. The van der Waals surface area contributed by atoms with Crippen molar-refractivity contribution >= 4 is 28.2 Å². The largest absolute Gasteiger partial charge is 0.483 e. The molecule has 0 bridgehead atoms. The van der Waals surface area contributed by atoms with Crippen LogP contribution in [0, 0.1) is 20.8 Å². The first-order valence-corrected chi connectivity index (χ1v) is 11.0. The van der Waals surface area contributed by atoms with Gasteiger partial charge in [-0.25, -0.2) is 9.97 Å². The minimum Gasteiger partial charge on any atom is -0.483 e. The van der Waals surface area contributed by atoms with Crippen LogP contribution >= 0.6 is 11.3 Å². The van der Waals surface area contributed by atoms with Gasteiger partial charge in [0.05, 0.1) is 17.4 Å². The molecule has 1 N–H and O–H groups in total. The second-order valence-corrected chi connectivity index (χ2v) is 8.48. The van der Waals surface area contributed by atoms with E-state index >= 15 is 0 Å². The maximum Gasteiger partial charge on any atom is 0.261 e. The second kappa shape index (κ2) is 8.83. The molecule has 1 aliphatic heterocycles. The number of hydrogen-bond donors (Lipinski definition) is 1. The standard InChI is InChI=1S/C23H26N4O2S/c1-15-7-4-8-16(2)22(15)29-13-21(28)27-12-6-10-19(27)18-9-5-11-20(25-18)26-23-24-17(3)14-30-23/h4-5,7-9,11,14,19H,6,10,12-13H2,1-3H3,(H,24,25,26)/t19-/m0/s1. The molecule has 3 heterocycles. The Balaban J connectivity index is 1.45. The molecule has 2 aromatic heterocycles. The Hall–Kier alpha value is -2.93. The van der Waals surface area contributed by atoms with Crippen LogP contribution in [0.25, 0.3) is 0 Å². The number of carbonyl (C=O) groups is 1. The van der Waals surface area contributed by atoms with Crippen LogP contribution in [0.1, 0.15) is 41.4 Å². The van der Waals surface area contributed by atoms with Crippen LogP contribution in [0.3, 0.4) is 0 Å². The topological polar surface area (TPSA) is 67.4 Å². The summed E-state index contributed by atoms with van der Waals surface area (Å²) in [5.74, 6) is 1.54. The molecule has 0 spiro atoms. The maximum absolute atomic E-state index is 13.0. The number of aromatic nitrogens is 2.